The Morgan fingerprint density at radius 3 is 2.27 bits per heavy atom. The highest BCUT2D eigenvalue weighted by Gasteiger charge is 2.06. The van der Waals surface area contributed by atoms with E-state index in [0.29, 0.717) is 5.56 Å². The van der Waals surface area contributed by atoms with Gasteiger partial charge in [-0.05, 0) is 55.0 Å². The number of carbonyl (C=O) groups excluding carboxylic acids is 2. The molecule has 0 heterocycles. The van der Waals surface area contributed by atoms with Gasteiger partial charge in [-0.25, -0.2) is 0 Å². The molecule has 2 amide bonds. The van der Waals surface area contributed by atoms with Crippen molar-refractivity contribution >= 4 is 35.2 Å². The zero-order valence-electron chi connectivity index (χ0n) is 14.4. The number of thiocarbonyl (C=S) groups is 1. The van der Waals surface area contributed by atoms with Gasteiger partial charge in [-0.2, -0.15) is 0 Å². The van der Waals surface area contributed by atoms with E-state index in [1.54, 1.807) is 37.5 Å². The summed E-state index contributed by atoms with van der Waals surface area (Å²) in [6.45, 7) is 1.93. The molecule has 26 heavy (non-hydrogen) atoms. The molecule has 0 bridgehead atoms. The fourth-order valence-electron chi connectivity index (χ4n) is 1.96. The van der Waals surface area contributed by atoms with Crippen LogP contribution in [0.2, 0.25) is 0 Å². The molecule has 0 spiro atoms. The van der Waals surface area contributed by atoms with E-state index in [0.717, 1.165) is 16.9 Å². The average molecular weight is 369 g/mol. The molecular formula is C19H19N3O3S. The summed E-state index contributed by atoms with van der Waals surface area (Å²) in [5.74, 6) is -0.0282. The Balaban J connectivity index is 1.79. The number of carbonyl (C=O) groups is 2. The van der Waals surface area contributed by atoms with Gasteiger partial charge in [0.05, 0.1) is 7.11 Å². The molecule has 0 aliphatic heterocycles. The summed E-state index contributed by atoms with van der Waals surface area (Å²) >= 11 is 4.97. The van der Waals surface area contributed by atoms with Gasteiger partial charge < -0.3 is 4.74 Å². The van der Waals surface area contributed by atoms with Crippen LogP contribution in [0.25, 0.3) is 6.08 Å². The highest BCUT2D eigenvalue weighted by Crippen LogP contribution is 2.12. The summed E-state index contributed by atoms with van der Waals surface area (Å²) in [7, 11) is 1.59. The maximum Gasteiger partial charge on any atom is 0.269 e. The minimum Gasteiger partial charge on any atom is -0.497 e. The largest absolute Gasteiger partial charge is 0.497 e. The number of aryl methyl sites for hydroxylation is 1. The number of ether oxygens (including phenoxy) is 1. The zero-order valence-corrected chi connectivity index (χ0v) is 15.2. The van der Waals surface area contributed by atoms with Gasteiger partial charge in [0.25, 0.3) is 5.91 Å². The molecule has 7 heteroatoms. The van der Waals surface area contributed by atoms with Gasteiger partial charge in [0.2, 0.25) is 5.91 Å². The van der Waals surface area contributed by atoms with Crippen molar-refractivity contribution in [3.8, 4) is 5.75 Å². The molecular weight excluding hydrogens is 350 g/mol. The minimum absolute atomic E-state index is 0.00478. The Labute approximate surface area is 157 Å². The summed E-state index contributed by atoms with van der Waals surface area (Å²) < 4.78 is 5.07. The monoisotopic (exact) mass is 369 g/mol. The van der Waals surface area contributed by atoms with Crippen molar-refractivity contribution in [1.82, 2.24) is 16.2 Å². The highest BCUT2D eigenvalue weighted by atomic mass is 32.1. The van der Waals surface area contributed by atoms with Crippen LogP contribution in [-0.4, -0.2) is 24.0 Å². The van der Waals surface area contributed by atoms with Crippen LogP contribution in [0.5, 0.6) is 5.75 Å². The van der Waals surface area contributed by atoms with Crippen LogP contribution in [-0.2, 0) is 4.79 Å². The summed E-state index contributed by atoms with van der Waals surface area (Å²) in [5.41, 5.74) is 7.30. The maximum absolute atomic E-state index is 11.9. The normalized spacial score (nSPS) is 10.2. The first-order valence-corrected chi connectivity index (χ1v) is 8.19. The lowest BCUT2D eigenvalue weighted by Crippen LogP contribution is -2.48. The Morgan fingerprint density at radius 2 is 1.65 bits per heavy atom. The standard InChI is InChI=1S/C19H19N3O3S/c1-13-3-8-15(9-4-13)18(24)21-22-19(26)20-17(23)12-7-14-5-10-16(25-2)11-6-14/h3-12H,1-2H3,(H,21,24)(H2,20,22,23,26)/b12-7+. The van der Waals surface area contributed by atoms with E-state index < -0.39 is 5.91 Å². The molecule has 0 aliphatic rings. The molecule has 0 fully saturated rings. The van der Waals surface area contributed by atoms with Crippen LogP contribution in [0, 0.1) is 6.92 Å². The molecule has 0 unspecified atom stereocenters. The van der Waals surface area contributed by atoms with Crippen LogP contribution >= 0.6 is 12.2 Å². The number of hydrazine groups is 1. The van der Waals surface area contributed by atoms with Gasteiger partial charge in [-0.3, -0.25) is 25.8 Å². The fraction of sp³-hybridized carbons (Fsp3) is 0.105. The molecule has 0 saturated heterocycles. The number of methoxy groups -OCH3 is 1. The van der Waals surface area contributed by atoms with Crippen molar-refractivity contribution in [3.05, 3.63) is 71.3 Å². The molecule has 2 aromatic rings. The van der Waals surface area contributed by atoms with Crippen molar-refractivity contribution in [1.29, 1.82) is 0 Å². The van der Waals surface area contributed by atoms with Crippen molar-refractivity contribution in [2.75, 3.05) is 7.11 Å². The molecule has 2 rings (SSSR count). The molecule has 0 aliphatic carbocycles. The highest BCUT2D eigenvalue weighted by molar-refractivity contribution is 7.80. The maximum atomic E-state index is 11.9. The van der Waals surface area contributed by atoms with Crippen LogP contribution in [0.4, 0.5) is 0 Å². The van der Waals surface area contributed by atoms with E-state index in [1.165, 1.54) is 6.08 Å². The molecule has 0 aromatic heterocycles. The van der Waals surface area contributed by atoms with E-state index in [1.807, 2.05) is 31.2 Å². The second-order valence-corrected chi connectivity index (χ2v) is 5.78. The number of nitrogens with one attached hydrogen (secondary N) is 3. The summed E-state index contributed by atoms with van der Waals surface area (Å²) in [6.07, 6.45) is 2.99. The Morgan fingerprint density at radius 1 is 1.00 bits per heavy atom. The minimum atomic E-state index is -0.414. The third-order valence-corrected chi connectivity index (χ3v) is 3.59. The molecule has 0 atom stereocenters. The first-order chi connectivity index (χ1) is 12.5. The van der Waals surface area contributed by atoms with E-state index in [-0.39, 0.29) is 11.0 Å². The Kier molecular flexibility index (Phi) is 6.87. The van der Waals surface area contributed by atoms with Gasteiger partial charge in [-0.15, -0.1) is 0 Å². The Bertz CT molecular complexity index is 815. The van der Waals surface area contributed by atoms with Gasteiger partial charge >= 0.3 is 0 Å². The number of hydrogen-bond acceptors (Lipinski definition) is 4. The lowest BCUT2D eigenvalue weighted by atomic mass is 10.1. The zero-order chi connectivity index (χ0) is 18.9. The van der Waals surface area contributed by atoms with Crippen LogP contribution in [0.3, 0.4) is 0 Å². The van der Waals surface area contributed by atoms with Crippen molar-refractivity contribution in [2.45, 2.75) is 6.92 Å². The van der Waals surface area contributed by atoms with Gasteiger partial charge in [0, 0.05) is 11.6 Å². The number of hydrogen-bond donors (Lipinski definition) is 3. The fourth-order valence-corrected chi connectivity index (χ4v) is 2.11. The Hall–Kier alpha value is -3.19. The number of rotatable bonds is 4. The predicted octanol–water partition coefficient (Wildman–Crippen LogP) is 2.35. The molecule has 0 saturated carbocycles. The smallest absolute Gasteiger partial charge is 0.269 e. The predicted molar refractivity (Wildman–Crippen MR) is 105 cm³/mol. The second kappa shape index (κ2) is 9.33. The van der Waals surface area contributed by atoms with Crippen LogP contribution in [0.15, 0.2) is 54.6 Å². The summed E-state index contributed by atoms with van der Waals surface area (Å²) in [6, 6.07) is 14.3. The topological polar surface area (TPSA) is 79.5 Å². The van der Waals surface area contributed by atoms with E-state index in [4.69, 9.17) is 17.0 Å². The van der Waals surface area contributed by atoms with Crippen molar-refractivity contribution in [2.24, 2.45) is 0 Å². The summed E-state index contributed by atoms with van der Waals surface area (Å²) in [5, 5.41) is 2.44. The lowest BCUT2D eigenvalue weighted by Gasteiger charge is -2.09. The number of amides is 2. The van der Waals surface area contributed by atoms with Crippen molar-refractivity contribution < 1.29 is 14.3 Å². The van der Waals surface area contributed by atoms with E-state index in [9.17, 15) is 9.59 Å². The molecule has 2 aromatic carbocycles. The lowest BCUT2D eigenvalue weighted by molar-refractivity contribution is -0.115. The van der Waals surface area contributed by atoms with E-state index >= 15 is 0 Å². The first-order valence-electron chi connectivity index (χ1n) is 7.78. The van der Waals surface area contributed by atoms with E-state index in [2.05, 4.69) is 16.2 Å². The quantitative estimate of drug-likeness (QED) is 0.438. The third kappa shape index (κ3) is 6.03. The molecule has 3 N–H and O–H groups in total. The van der Waals surface area contributed by atoms with Crippen LogP contribution < -0.4 is 20.9 Å². The van der Waals surface area contributed by atoms with Gasteiger partial charge in [0.1, 0.15) is 5.75 Å². The molecule has 0 radical (unpaired) electrons. The van der Waals surface area contributed by atoms with Gasteiger partial charge in [0.15, 0.2) is 5.11 Å². The van der Waals surface area contributed by atoms with Crippen LogP contribution in [0.1, 0.15) is 21.5 Å². The summed E-state index contributed by atoms with van der Waals surface area (Å²) in [4.78, 5) is 23.8. The SMILES string of the molecule is COc1ccc(/C=C/C(=O)NC(=S)NNC(=O)c2ccc(C)cc2)cc1. The molecule has 134 valence electrons. The van der Waals surface area contributed by atoms with Crippen molar-refractivity contribution in [3.63, 3.8) is 0 Å². The third-order valence-electron chi connectivity index (χ3n) is 3.38. The second-order valence-electron chi connectivity index (χ2n) is 5.37. The number of benzene rings is 2. The molecule has 6 nitrogen and oxygen atoms in total. The van der Waals surface area contributed by atoms with Gasteiger partial charge in [-0.1, -0.05) is 29.8 Å². The first kappa shape index (κ1) is 19.1. The average Bonchev–Trinajstić information content (AvgIpc) is 2.65.